The highest BCUT2D eigenvalue weighted by atomic mass is 16.6. The molecule has 2 atom stereocenters. The highest BCUT2D eigenvalue weighted by molar-refractivity contribution is 5.74. The molecule has 1 saturated carbocycles. The highest BCUT2D eigenvalue weighted by Gasteiger charge is 2.47. The van der Waals surface area contributed by atoms with Gasteiger partial charge in [-0.15, -0.1) is 0 Å². The van der Waals surface area contributed by atoms with E-state index in [2.05, 4.69) is 6.58 Å². The normalized spacial score (nSPS) is 33.6. The SMILES string of the molecule is C=CCOC(=O)N1C[C@@H](C(=O)O)[C@H](C2CC(O)C2)C1. The predicted molar refractivity (Wildman–Crippen MR) is 66.5 cm³/mol. The van der Waals surface area contributed by atoms with Gasteiger partial charge in [-0.05, 0) is 24.7 Å². The quantitative estimate of drug-likeness (QED) is 0.734. The van der Waals surface area contributed by atoms with Gasteiger partial charge in [0.25, 0.3) is 0 Å². The average Bonchev–Trinajstić information content (AvgIpc) is 2.76. The van der Waals surface area contributed by atoms with Gasteiger partial charge in [0.2, 0.25) is 0 Å². The van der Waals surface area contributed by atoms with Gasteiger partial charge < -0.3 is 19.8 Å². The first-order valence-electron chi connectivity index (χ1n) is 6.46. The molecule has 19 heavy (non-hydrogen) atoms. The number of aliphatic hydroxyl groups excluding tert-OH is 1. The van der Waals surface area contributed by atoms with Crippen LogP contribution < -0.4 is 0 Å². The average molecular weight is 269 g/mol. The third kappa shape index (κ3) is 2.89. The summed E-state index contributed by atoms with van der Waals surface area (Å²) >= 11 is 0. The molecular weight excluding hydrogens is 250 g/mol. The molecule has 2 aliphatic rings. The largest absolute Gasteiger partial charge is 0.481 e. The fourth-order valence-corrected chi connectivity index (χ4v) is 2.92. The van der Waals surface area contributed by atoms with Crippen LogP contribution in [-0.4, -0.2) is 53.0 Å². The fourth-order valence-electron chi connectivity index (χ4n) is 2.92. The van der Waals surface area contributed by atoms with Crippen molar-refractivity contribution in [3.63, 3.8) is 0 Å². The standard InChI is InChI=1S/C13H19NO5/c1-2-3-19-13(18)14-6-10(8-4-9(15)5-8)11(7-14)12(16)17/h2,8-11,15H,1,3-7H2,(H,16,17)/t8?,9?,10-,11+/m0/s1. The first-order valence-corrected chi connectivity index (χ1v) is 6.46. The van der Waals surface area contributed by atoms with Gasteiger partial charge in [0.05, 0.1) is 12.0 Å². The van der Waals surface area contributed by atoms with Crippen LogP contribution in [-0.2, 0) is 9.53 Å². The number of aliphatic hydroxyl groups is 1. The number of likely N-dealkylation sites (tertiary alicyclic amines) is 1. The Balaban J connectivity index is 1.97. The van der Waals surface area contributed by atoms with Crippen molar-refractivity contribution in [3.05, 3.63) is 12.7 Å². The van der Waals surface area contributed by atoms with Crippen molar-refractivity contribution >= 4 is 12.1 Å². The molecule has 1 saturated heterocycles. The van der Waals surface area contributed by atoms with Gasteiger partial charge in [0.15, 0.2) is 0 Å². The van der Waals surface area contributed by atoms with E-state index in [9.17, 15) is 19.8 Å². The number of hydrogen-bond donors (Lipinski definition) is 2. The summed E-state index contributed by atoms with van der Waals surface area (Å²) in [5.41, 5.74) is 0. The molecule has 0 spiro atoms. The van der Waals surface area contributed by atoms with Crippen LogP contribution in [0.3, 0.4) is 0 Å². The van der Waals surface area contributed by atoms with Gasteiger partial charge in [0, 0.05) is 13.1 Å². The summed E-state index contributed by atoms with van der Waals surface area (Å²) in [4.78, 5) is 24.4. The number of aliphatic carboxylic acids is 1. The van der Waals surface area contributed by atoms with E-state index in [0.717, 1.165) is 0 Å². The van der Waals surface area contributed by atoms with Gasteiger partial charge in [-0.3, -0.25) is 4.79 Å². The Hall–Kier alpha value is -1.56. The smallest absolute Gasteiger partial charge is 0.410 e. The summed E-state index contributed by atoms with van der Waals surface area (Å²) in [7, 11) is 0. The molecule has 0 radical (unpaired) electrons. The van der Waals surface area contributed by atoms with Gasteiger partial charge in [-0.2, -0.15) is 0 Å². The summed E-state index contributed by atoms with van der Waals surface area (Å²) in [6, 6.07) is 0. The van der Waals surface area contributed by atoms with Gasteiger partial charge in [-0.1, -0.05) is 12.7 Å². The van der Waals surface area contributed by atoms with Crippen molar-refractivity contribution in [1.29, 1.82) is 0 Å². The minimum absolute atomic E-state index is 0.0859. The maximum Gasteiger partial charge on any atom is 0.410 e. The predicted octanol–water partition coefficient (Wildman–Crippen LogP) is 0.712. The van der Waals surface area contributed by atoms with Crippen LogP contribution in [0.25, 0.3) is 0 Å². The monoisotopic (exact) mass is 269 g/mol. The van der Waals surface area contributed by atoms with E-state index < -0.39 is 18.0 Å². The minimum Gasteiger partial charge on any atom is -0.481 e. The molecule has 2 N–H and O–H groups in total. The Morgan fingerprint density at radius 3 is 2.58 bits per heavy atom. The number of carbonyl (C=O) groups excluding carboxylic acids is 1. The third-order valence-electron chi connectivity index (χ3n) is 4.02. The van der Waals surface area contributed by atoms with Crippen LogP contribution in [0.4, 0.5) is 4.79 Å². The third-order valence-corrected chi connectivity index (χ3v) is 4.02. The van der Waals surface area contributed by atoms with E-state index in [1.807, 2.05) is 0 Å². The minimum atomic E-state index is -0.884. The number of hydrogen-bond acceptors (Lipinski definition) is 4. The zero-order chi connectivity index (χ0) is 14.0. The second-order valence-electron chi connectivity index (χ2n) is 5.26. The van der Waals surface area contributed by atoms with E-state index in [-0.39, 0.29) is 31.1 Å². The molecule has 106 valence electrons. The molecule has 0 unspecified atom stereocenters. The Bertz CT molecular complexity index is 377. The van der Waals surface area contributed by atoms with E-state index in [1.54, 1.807) is 0 Å². The Labute approximate surface area is 111 Å². The van der Waals surface area contributed by atoms with Crippen LogP contribution in [0.15, 0.2) is 12.7 Å². The van der Waals surface area contributed by atoms with Crippen molar-refractivity contribution < 1.29 is 24.5 Å². The first-order chi connectivity index (χ1) is 9.02. The summed E-state index contributed by atoms with van der Waals surface area (Å²) in [6.45, 7) is 4.16. The lowest BCUT2D eigenvalue weighted by Gasteiger charge is -2.37. The van der Waals surface area contributed by atoms with E-state index in [0.29, 0.717) is 19.4 Å². The summed E-state index contributed by atoms with van der Waals surface area (Å²) in [6.07, 6.45) is 1.92. The lowest BCUT2D eigenvalue weighted by atomic mass is 9.70. The molecule has 1 amide bonds. The number of rotatable bonds is 4. The van der Waals surface area contributed by atoms with Crippen molar-refractivity contribution in [2.45, 2.75) is 18.9 Å². The van der Waals surface area contributed by atoms with Gasteiger partial charge >= 0.3 is 12.1 Å². The number of carboxylic acids is 1. The maximum absolute atomic E-state index is 11.7. The van der Waals surface area contributed by atoms with E-state index in [4.69, 9.17) is 4.74 Å². The van der Waals surface area contributed by atoms with Crippen molar-refractivity contribution in [3.8, 4) is 0 Å². The summed E-state index contributed by atoms with van der Waals surface area (Å²) < 4.78 is 4.93. The topological polar surface area (TPSA) is 87.1 Å². The molecule has 1 aliphatic heterocycles. The maximum atomic E-state index is 11.7. The number of carbonyl (C=O) groups is 2. The number of amides is 1. The van der Waals surface area contributed by atoms with Crippen molar-refractivity contribution in [1.82, 2.24) is 4.90 Å². The first kappa shape index (κ1) is 13.9. The molecule has 0 bridgehead atoms. The number of ether oxygens (including phenoxy) is 1. The molecule has 6 nitrogen and oxygen atoms in total. The molecule has 1 heterocycles. The molecule has 0 aromatic carbocycles. The second-order valence-corrected chi connectivity index (χ2v) is 5.26. The lowest BCUT2D eigenvalue weighted by Crippen LogP contribution is -2.39. The van der Waals surface area contributed by atoms with Crippen LogP contribution in [0.5, 0.6) is 0 Å². The van der Waals surface area contributed by atoms with E-state index >= 15 is 0 Å². The fraction of sp³-hybridized carbons (Fsp3) is 0.692. The van der Waals surface area contributed by atoms with Crippen LogP contribution in [0.1, 0.15) is 12.8 Å². The number of carboxylic acid groups (broad SMARTS) is 1. The second kappa shape index (κ2) is 5.61. The Morgan fingerprint density at radius 1 is 1.37 bits per heavy atom. The Kier molecular flexibility index (Phi) is 4.09. The zero-order valence-electron chi connectivity index (χ0n) is 10.7. The molecule has 6 heteroatoms. The van der Waals surface area contributed by atoms with Crippen molar-refractivity contribution in [2.24, 2.45) is 17.8 Å². The summed E-state index contributed by atoms with van der Waals surface area (Å²) in [5.74, 6) is -1.34. The van der Waals surface area contributed by atoms with Gasteiger partial charge in [-0.25, -0.2) is 4.79 Å². The van der Waals surface area contributed by atoms with Crippen LogP contribution in [0.2, 0.25) is 0 Å². The molecular formula is C13H19NO5. The lowest BCUT2D eigenvalue weighted by molar-refractivity contribution is -0.144. The highest BCUT2D eigenvalue weighted by Crippen LogP contribution is 2.41. The molecule has 2 fully saturated rings. The zero-order valence-corrected chi connectivity index (χ0v) is 10.7. The van der Waals surface area contributed by atoms with Gasteiger partial charge in [0.1, 0.15) is 6.61 Å². The molecule has 0 aromatic rings. The molecule has 0 aromatic heterocycles. The molecule has 1 aliphatic carbocycles. The van der Waals surface area contributed by atoms with Crippen LogP contribution in [0, 0.1) is 17.8 Å². The summed E-state index contributed by atoms with van der Waals surface area (Å²) in [5, 5.41) is 18.6. The van der Waals surface area contributed by atoms with Crippen molar-refractivity contribution in [2.75, 3.05) is 19.7 Å². The van der Waals surface area contributed by atoms with E-state index in [1.165, 1.54) is 11.0 Å². The molecule has 2 rings (SSSR count). The van der Waals surface area contributed by atoms with Crippen LogP contribution >= 0.6 is 0 Å². The Morgan fingerprint density at radius 2 is 2.05 bits per heavy atom. The number of nitrogens with zero attached hydrogens (tertiary/aromatic N) is 1.